The number of carbonyl (C=O) groups is 1. The number of carbonyl (C=O) groups excluding carboxylic acids is 1. The summed E-state index contributed by atoms with van der Waals surface area (Å²) in [6.07, 6.45) is 0.467. The van der Waals surface area contributed by atoms with Gasteiger partial charge >= 0.3 is 6.03 Å². The number of hydrogen-bond acceptors (Lipinski definition) is 4. The Hall–Kier alpha value is -1.76. The molecule has 2 amide bonds. The normalized spacial score (nSPS) is 20.4. The van der Waals surface area contributed by atoms with Gasteiger partial charge in [0.15, 0.2) is 9.84 Å². The first-order chi connectivity index (χ1) is 9.48. The summed E-state index contributed by atoms with van der Waals surface area (Å²) >= 11 is 0. The van der Waals surface area contributed by atoms with Crippen LogP contribution >= 0.6 is 0 Å². The molecule has 0 aromatic heterocycles. The van der Waals surface area contributed by atoms with Gasteiger partial charge in [0.2, 0.25) is 0 Å². The first-order valence-corrected chi connectivity index (χ1v) is 8.31. The molecule has 1 saturated heterocycles. The lowest BCUT2D eigenvalue weighted by atomic mass is 10.2. The van der Waals surface area contributed by atoms with E-state index in [1.165, 1.54) is 0 Å². The van der Waals surface area contributed by atoms with E-state index in [1.807, 2.05) is 6.92 Å². The molecule has 2 rings (SSSR count). The van der Waals surface area contributed by atoms with Crippen molar-refractivity contribution in [2.75, 3.05) is 23.4 Å². The molecule has 0 saturated carbocycles. The van der Waals surface area contributed by atoms with Gasteiger partial charge in [-0.15, -0.1) is 0 Å². The van der Waals surface area contributed by atoms with E-state index >= 15 is 0 Å². The van der Waals surface area contributed by atoms with Crippen LogP contribution in [0.2, 0.25) is 0 Å². The van der Waals surface area contributed by atoms with E-state index in [-0.39, 0.29) is 17.5 Å². The lowest BCUT2D eigenvalue weighted by molar-refractivity contribution is 0.249. The van der Waals surface area contributed by atoms with Crippen molar-refractivity contribution < 1.29 is 17.9 Å². The Labute approximate surface area is 118 Å². The molecule has 6 nitrogen and oxygen atoms in total. The molecule has 20 heavy (non-hydrogen) atoms. The summed E-state index contributed by atoms with van der Waals surface area (Å²) < 4.78 is 28.0. The fourth-order valence-electron chi connectivity index (χ4n) is 2.09. The van der Waals surface area contributed by atoms with Crippen LogP contribution in [0.4, 0.5) is 10.5 Å². The van der Waals surface area contributed by atoms with Crippen LogP contribution < -0.4 is 15.4 Å². The quantitative estimate of drug-likeness (QED) is 0.880. The number of urea groups is 1. The number of sulfone groups is 1. The van der Waals surface area contributed by atoms with Crippen LogP contribution in [-0.4, -0.2) is 38.6 Å². The third kappa shape index (κ3) is 4.12. The molecule has 110 valence electrons. The fourth-order valence-corrected chi connectivity index (χ4v) is 3.77. The van der Waals surface area contributed by atoms with Gasteiger partial charge in [-0.1, -0.05) is 6.07 Å². The van der Waals surface area contributed by atoms with Gasteiger partial charge < -0.3 is 15.4 Å². The second kappa shape index (κ2) is 6.13. The minimum atomic E-state index is -2.99. The predicted octanol–water partition coefficient (Wildman–Crippen LogP) is 1.39. The molecular weight excluding hydrogens is 280 g/mol. The van der Waals surface area contributed by atoms with E-state index in [9.17, 15) is 13.2 Å². The Kier molecular flexibility index (Phi) is 4.49. The van der Waals surface area contributed by atoms with Crippen LogP contribution in [0.25, 0.3) is 0 Å². The second-order valence-electron chi connectivity index (χ2n) is 4.66. The fraction of sp³-hybridized carbons (Fsp3) is 0.462. The third-order valence-corrected chi connectivity index (χ3v) is 4.74. The third-order valence-electron chi connectivity index (χ3n) is 2.97. The van der Waals surface area contributed by atoms with Crippen molar-refractivity contribution in [2.45, 2.75) is 19.4 Å². The zero-order valence-corrected chi connectivity index (χ0v) is 12.1. The van der Waals surface area contributed by atoms with Crippen LogP contribution in [0.5, 0.6) is 5.75 Å². The molecule has 0 radical (unpaired) electrons. The lowest BCUT2D eigenvalue weighted by Gasteiger charge is -2.12. The Morgan fingerprint density at radius 2 is 2.25 bits per heavy atom. The van der Waals surface area contributed by atoms with Crippen molar-refractivity contribution in [3.05, 3.63) is 24.3 Å². The van der Waals surface area contributed by atoms with Crippen molar-refractivity contribution in [2.24, 2.45) is 0 Å². The van der Waals surface area contributed by atoms with Crippen molar-refractivity contribution in [1.29, 1.82) is 0 Å². The van der Waals surface area contributed by atoms with Gasteiger partial charge in [-0.05, 0) is 25.5 Å². The monoisotopic (exact) mass is 298 g/mol. The summed E-state index contributed by atoms with van der Waals surface area (Å²) in [5.74, 6) is 0.825. The highest BCUT2D eigenvalue weighted by Gasteiger charge is 2.28. The second-order valence-corrected chi connectivity index (χ2v) is 6.89. The molecule has 0 spiro atoms. The van der Waals surface area contributed by atoms with E-state index < -0.39 is 15.9 Å². The first kappa shape index (κ1) is 14.6. The minimum Gasteiger partial charge on any atom is -0.494 e. The van der Waals surface area contributed by atoms with Crippen molar-refractivity contribution >= 4 is 21.6 Å². The highest BCUT2D eigenvalue weighted by molar-refractivity contribution is 7.91. The number of ether oxygens (including phenoxy) is 1. The Morgan fingerprint density at radius 1 is 1.45 bits per heavy atom. The minimum absolute atomic E-state index is 0.0133. The summed E-state index contributed by atoms with van der Waals surface area (Å²) in [7, 11) is -2.99. The van der Waals surface area contributed by atoms with E-state index in [2.05, 4.69) is 10.6 Å². The van der Waals surface area contributed by atoms with Crippen LogP contribution in [0, 0.1) is 0 Å². The van der Waals surface area contributed by atoms with Crippen LogP contribution in [-0.2, 0) is 9.84 Å². The van der Waals surface area contributed by atoms with E-state index in [1.54, 1.807) is 24.3 Å². The predicted molar refractivity (Wildman–Crippen MR) is 76.8 cm³/mol. The van der Waals surface area contributed by atoms with Gasteiger partial charge in [0, 0.05) is 17.8 Å². The van der Waals surface area contributed by atoms with Gasteiger partial charge in [0.25, 0.3) is 0 Å². The molecule has 1 aromatic carbocycles. The number of rotatable bonds is 4. The van der Waals surface area contributed by atoms with Gasteiger partial charge in [-0.25, -0.2) is 13.2 Å². The smallest absolute Gasteiger partial charge is 0.319 e. The number of amides is 2. The van der Waals surface area contributed by atoms with Crippen LogP contribution in [0.15, 0.2) is 24.3 Å². The molecule has 0 aliphatic carbocycles. The molecule has 7 heteroatoms. The van der Waals surface area contributed by atoms with Gasteiger partial charge in [-0.2, -0.15) is 0 Å². The number of benzene rings is 1. The van der Waals surface area contributed by atoms with E-state index in [0.29, 0.717) is 24.5 Å². The largest absolute Gasteiger partial charge is 0.494 e. The molecular formula is C13H18N2O4S. The van der Waals surface area contributed by atoms with Crippen molar-refractivity contribution in [3.63, 3.8) is 0 Å². The maximum absolute atomic E-state index is 11.8. The average Bonchev–Trinajstić information content (AvgIpc) is 2.69. The number of nitrogens with one attached hydrogen (secondary N) is 2. The molecule has 1 aliphatic rings. The Morgan fingerprint density at radius 3 is 2.90 bits per heavy atom. The summed E-state index contributed by atoms with van der Waals surface area (Å²) in [4.78, 5) is 11.8. The topological polar surface area (TPSA) is 84.5 Å². The number of anilines is 1. The van der Waals surface area contributed by atoms with E-state index in [4.69, 9.17) is 4.74 Å². The zero-order valence-electron chi connectivity index (χ0n) is 11.3. The first-order valence-electron chi connectivity index (χ1n) is 6.49. The molecule has 1 aliphatic heterocycles. The standard InChI is InChI=1S/C13H18N2O4S/c1-2-19-12-5-3-4-10(8-12)14-13(16)15-11-6-7-20(17,18)9-11/h3-5,8,11H,2,6-7,9H2,1H3,(H2,14,15,16). The Bertz CT molecular complexity index is 586. The van der Waals surface area contributed by atoms with Gasteiger partial charge in [-0.3, -0.25) is 0 Å². The van der Waals surface area contributed by atoms with E-state index in [0.717, 1.165) is 0 Å². The van der Waals surface area contributed by atoms with Gasteiger partial charge in [0.05, 0.1) is 18.1 Å². The molecule has 1 fully saturated rings. The van der Waals surface area contributed by atoms with Crippen LogP contribution in [0.1, 0.15) is 13.3 Å². The highest BCUT2D eigenvalue weighted by Crippen LogP contribution is 2.17. The molecule has 1 atom stereocenters. The number of hydrogen-bond donors (Lipinski definition) is 2. The lowest BCUT2D eigenvalue weighted by Crippen LogP contribution is -2.38. The van der Waals surface area contributed by atoms with Gasteiger partial charge in [0.1, 0.15) is 5.75 Å². The zero-order chi connectivity index (χ0) is 14.6. The van der Waals surface area contributed by atoms with Crippen molar-refractivity contribution in [1.82, 2.24) is 5.32 Å². The molecule has 2 N–H and O–H groups in total. The molecule has 1 aromatic rings. The summed E-state index contributed by atoms with van der Waals surface area (Å²) in [5.41, 5.74) is 0.606. The maximum Gasteiger partial charge on any atom is 0.319 e. The summed E-state index contributed by atoms with van der Waals surface area (Å²) in [5, 5.41) is 5.33. The Balaban J connectivity index is 1.90. The summed E-state index contributed by atoms with van der Waals surface area (Å²) in [6.45, 7) is 2.43. The summed E-state index contributed by atoms with van der Waals surface area (Å²) in [6, 6.07) is 6.33. The average molecular weight is 298 g/mol. The molecule has 0 bridgehead atoms. The molecule has 1 heterocycles. The highest BCUT2D eigenvalue weighted by atomic mass is 32.2. The van der Waals surface area contributed by atoms with Crippen molar-refractivity contribution in [3.8, 4) is 5.75 Å². The molecule has 1 unspecified atom stereocenters. The van der Waals surface area contributed by atoms with Crippen LogP contribution in [0.3, 0.4) is 0 Å². The SMILES string of the molecule is CCOc1cccc(NC(=O)NC2CCS(=O)(=O)C2)c1. The maximum atomic E-state index is 11.8.